The van der Waals surface area contributed by atoms with Gasteiger partial charge >= 0.3 is 0 Å². The molecule has 0 aliphatic heterocycles. The Labute approximate surface area is 159 Å². The fourth-order valence-corrected chi connectivity index (χ4v) is 2.46. The SMILES string of the molecule is COc1ccc(/C=C/C(=O)NCc2ccc(OCC3CC3)nc2)c(OC)c1. The van der Waals surface area contributed by atoms with Gasteiger partial charge in [-0.2, -0.15) is 0 Å². The van der Waals surface area contributed by atoms with Gasteiger partial charge in [0.15, 0.2) is 0 Å². The molecule has 1 fully saturated rings. The summed E-state index contributed by atoms with van der Waals surface area (Å²) in [6, 6.07) is 9.17. The van der Waals surface area contributed by atoms with Crippen LogP contribution in [0.25, 0.3) is 6.08 Å². The van der Waals surface area contributed by atoms with E-state index in [1.807, 2.05) is 24.3 Å². The average molecular weight is 368 g/mol. The van der Waals surface area contributed by atoms with Crippen molar-refractivity contribution in [3.63, 3.8) is 0 Å². The summed E-state index contributed by atoms with van der Waals surface area (Å²) < 4.78 is 16.1. The van der Waals surface area contributed by atoms with Crippen LogP contribution in [-0.4, -0.2) is 31.7 Å². The second-order valence-corrected chi connectivity index (χ2v) is 6.42. The minimum absolute atomic E-state index is 0.193. The smallest absolute Gasteiger partial charge is 0.244 e. The van der Waals surface area contributed by atoms with E-state index in [-0.39, 0.29) is 5.91 Å². The van der Waals surface area contributed by atoms with Crippen molar-refractivity contribution < 1.29 is 19.0 Å². The summed E-state index contributed by atoms with van der Waals surface area (Å²) >= 11 is 0. The van der Waals surface area contributed by atoms with E-state index in [0.717, 1.165) is 17.7 Å². The van der Waals surface area contributed by atoms with Gasteiger partial charge < -0.3 is 19.5 Å². The van der Waals surface area contributed by atoms with Gasteiger partial charge in [0, 0.05) is 36.5 Å². The molecule has 0 unspecified atom stereocenters. The lowest BCUT2D eigenvalue weighted by atomic mass is 10.1. The fourth-order valence-electron chi connectivity index (χ4n) is 2.46. The summed E-state index contributed by atoms with van der Waals surface area (Å²) in [7, 11) is 3.18. The molecule has 6 nitrogen and oxygen atoms in total. The normalized spacial score (nSPS) is 13.4. The number of nitrogens with one attached hydrogen (secondary N) is 1. The summed E-state index contributed by atoms with van der Waals surface area (Å²) in [6.07, 6.45) is 7.41. The zero-order valence-corrected chi connectivity index (χ0v) is 15.6. The summed E-state index contributed by atoms with van der Waals surface area (Å²) in [5, 5.41) is 2.84. The van der Waals surface area contributed by atoms with E-state index in [1.165, 1.54) is 18.9 Å². The number of methoxy groups -OCH3 is 2. The Morgan fingerprint density at radius 3 is 2.74 bits per heavy atom. The Hall–Kier alpha value is -3.02. The molecule has 1 heterocycles. The molecule has 0 saturated heterocycles. The maximum atomic E-state index is 12.1. The van der Waals surface area contributed by atoms with Crippen molar-refractivity contribution in [3.05, 3.63) is 53.7 Å². The molecule has 1 aromatic heterocycles. The molecular weight excluding hydrogens is 344 g/mol. The quantitative estimate of drug-likeness (QED) is 0.688. The molecule has 27 heavy (non-hydrogen) atoms. The topological polar surface area (TPSA) is 69.7 Å². The van der Waals surface area contributed by atoms with Crippen LogP contribution in [0.4, 0.5) is 0 Å². The van der Waals surface area contributed by atoms with Crippen molar-refractivity contribution >= 4 is 12.0 Å². The first-order valence-corrected chi connectivity index (χ1v) is 8.93. The summed E-state index contributed by atoms with van der Waals surface area (Å²) in [5.74, 6) is 2.47. The Balaban J connectivity index is 1.49. The van der Waals surface area contributed by atoms with E-state index in [4.69, 9.17) is 14.2 Å². The second-order valence-electron chi connectivity index (χ2n) is 6.42. The molecule has 1 aromatic carbocycles. The van der Waals surface area contributed by atoms with Crippen molar-refractivity contribution in [2.45, 2.75) is 19.4 Å². The maximum Gasteiger partial charge on any atom is 0.244 e. The van der Waals surface area contributed by atoms with E-state index in [9.17, 15) is 4.79 Å². The number of rotatable bonds is 9. The van der Waals surface area contributed by atoms with E-state index < -0.39 is 0 Å². The highest BCUT2D eigenvalue weighted by Gasteiger charge is 2.22. The monoisotopic (exact) mass is 368 g/mol. The Bertz CT molecular complexity index is 798. The van der Waals surface area contributed by atoms with Crippen LogP contribution in [0.5, 0.6) is 17.4 Å². The third kappa shape index (κ3) is 5.74. The molecule has 0 radical (unpaired) electrons. The lowest BCUT2D eigenvalue weighted by molar-refractivity contribution is -0.116. The van der Waals surface area contributed by atoms with Crippen molar-refractivity contribution in [2.24, 2.45) is 5.92 Å². The molecule has 0 spiro atoms. The number of aromatic nitrogens is 1. The Kier molecular flexibility index (Phi) is 6.30. The minimum atomic E-state index is -0.193. The van der Waals surface area contributed by atoms with Crippen LogP contribution in [0.3, 0.4) is 0 Å². The van der Waals surface area contributed by atoms with Gasteiger partial charge in [-0.15, -0.1) is 0 Å². The first kappa shape index (κ1) is 18.8. The van der Waals surface area contributed by atoms with Gasteiger partial charge in [0.2, 0.25) is 11.8 Å². The zero-order chi connectivity index (χ0) is 19.1. The fraction of sp³-hybridized carbons (Fsp3) is 0.333. The van der Waals surface area contributed by atoms with Gasteiger partial charge in [0.1, 0.15) is 11.5 Å². The van der Waals surface area contributed by atoms with Crippen LogP contribution >= 0.6 is 0 Å². The molecule has 1 aliphatic carbocycles. The molecule has 1 saturated carbocycles. The average Bonchev–Trinajstić information content (AvgIpc) is 3.54. The zero-order valence-electron chi connectivity index (χ0n) is 15.6. The van der Waals surface area contributed by atoms with Crippen molar-refractivity contribution in [1.29, 1.82) is 0 Å². The van der Waals surface area contributed by atoms with Gasteiger partial charge in [-0.25, -0.2) is 4.98 Å². The first-order valence-electron chi connectivity index (χ1n) is 8.93. The van der Waals surface area contributed by atoms with Gasteiger partial charge in [0.25, 0.3) is 0 Å². The molecule has 1 N–H and O–H groups in total. The molecule has 6 heteroatoms. The molecule has 2 aromatic rings. The molecule has 0 bridgehead atoms. The second kappa shape index (κ2) is 9.07. The summed E-state index contributed by atoms with van der Waals surface area (Å²) in [5.41, 5.74) is 1.71. The number of benzene rings is 1. The number of amides is 1. The molecule has 142 valence electrons. The van der Waals surface area contributed by atoms with Gasteiger partial charge in [-0.3, -0.25) is 4.79 Å². The third-order valence-corrected chi connectivity index (χ3v) is 4.28. The number of carbonyl (C=O) groups excluding carboxylic acids is 1. The number of ether oxygens (including phenoxy) is 3. The number of hydrogen-bond acceptors (Lipinski definition) is 5. The third-order valence-electron chi connectivity index (χ3n) is 4.28. The molecule has 1 aliphatic rings. The molecule has 3 rings (SSSR count). The van der Waals surface area contributed by atoms with E-state index in [1.54, 1.807) is 32.6 Å². The maximum absolute atomic E-state index is 12.1. The van der Waals surface area contributed by atoms with Gasteiger partial charge in [-0.1, -0.05) is 6.07 Å². The largest absolute Gasteiger partial charge is 0.497 e. The van der Waals surface area contributed by atoms with Gasteiger partial charge in [-0.05, 0) is 42.5 Å². The number of hydrogen-bond donors (Lipinski definition) is 1. The van der Waals surface area contributed by atoms with Crippen molar-refractivity contribution in [3.8, 4) is 17.4 Å². The van der Waals surface area contributed by atoms with Crippen LogP contribution in [0.2, 0.25) is 0 Å². The molecule has 0 atom stereocenters. The highest BCUT2D eigenvalue weighted by Crippen LogP contribution is 2.29. The van der Waals surface area contributed by atoms with E-state index in [0.29, 0.717) is 29.8 Å². The van der Waals surface area contributed by atoms with Crippen molar-refractivity contribution in [1.82, 2.24) is 10.3 Å². The lowest BCUT2D eigenvalue weighted by Crippen LogP contribution is -2.20. The summed E-state index contributed by atoms with van der Waals surface area (Å²) in [4.78, 5) is 16.3. The van der Waals surface area contributed by atoms with Gasteiger partial charge in [0.05, 0.1) is 20.8 Å². The van der Waals surface area contributed by atoms with Crippen molar-refractivity contribution in [2.75, 3.05) is 20.8 Å². The van der Waals surface area contributed by atoms with Crippen LogP contribution in [-0.2, 0) is 11.3 Å². The van der Waals surface area contributed by atoms with E-state index in [2.05, 4.69) is 10.3 Å². The van der Waals surface area contributed by atoms with Crippen LogP contribution in [0, 0.1) is 5.92 Å². The first-order chi connectivity index (χ1) is 13.2. The Morgan fingerprint density at radius 2 is 2.07 bits per heavy atom. The summed E-state index contributed by atoms with van der Waals surface area (Å²) in [6.45, 7) is 1.14. The number of pyridine rings is 1. The molecular formula is C21H24N2O4. The molecule has 1 amide bonds. The number of nitrogens with zero attached hydrogens (tertiary/aromatic N) is 1. The van der Waals surface area contributed by atoms with E-state index >= 15 is 0 Å². The van der Waals surface area contributed by atoms with Crippen LogP contribution in [0.15, 0.2) is 42.6 Å². The minimum Gasteiger partial charge on any atom is -0.497 e. The standard InChI is InChI=1S/C21H24N2O4/c1-25-18-8-6-17(19(11-18)26-2)7-9-20(24)22-12-16-5-10-21(23-13-16)27-14-15-3-4-15/h5-11,13,15H,3-4,12,14H2,1-2H3,(H,22,24)/b9-7+. The van der Waals surface area contributed by atoms with Crippen LogP contribution in [0.1, 0.15) is 24.0 Å². The highest BCUT2D eigenvalue weighted by molar-refractivity contribution is 5.92. The Morgan fingerprint density at radius 1 is 1.22 bits per heavy atom. The number of carbonyl (C=O) groups is 1. The predicted molar refractivity (Wildman–Crippen MR) is 103 cm³/mol. The lowest BCUT2D eigenvalue weighted by Gasteiger charge is -2.07. The van der Waals surface area contributed by atoms with Crippen LogP contribution < -0.4 is 19.5 Å². The highest BCUT2D eigenvalue weighted by atomic mass is 16.5. The predicted octanol–water partition coefficient (Wildman–Crippen LogP) is 3.22.